The third kappa shape index (κ3) is 8.71. The van der Waals surface area contributed by atoms with Gasteiger partial charge in [-0.2, -0.15) is 0 Å². The average molecular weight is 709 g/mol. The molecule has 0 unspecified atom stereocenters. The van der Waals surface area contributed by atoms with Crippen LogP contribution in [0.1, 0.15) is 54.9 Å². The Morgan fingerprint density at radius 1 is 0.538 bits per heavy atom. The Labute approximate surface area is 298 Å². The van der Waals surface area contributed by atoms with Gasteiger partial charge in [0.1, 0.15) is 18.8 Å². The lowest BCUT2D eigenvalue weighted by molar-refractivity contribution is -0.163. The molecule has 0 heterocycles. The number of aliphatic carboxylic acids is 1. The summed E-state index contributed by atoms with van der Waals surface area (Å²) in [4.78, 5) is 68.0. The lowest BCUT2D eigenvalue weighted by Gasteiger charge is -2.19. The van der Waals surface area contributed by atoms with Crippen LogP contribution in [0, 0.1) is 0 Å². The molecule has 5 N–H and O–H groups in total. The quantitative estimate of drug-likeness (QED) is 0.0869. The maximum atomic E-state index is 11.9. The number of ether oxygens (including phenoxy) is 3. The average Bonchev–Trinajstić information content (AvgIpc) is 3.63. The van der Waals surface area contributed by atoms with Crippen LogP contribution in [0.5, 0.6) is 0 Å². The summed E-state index contributed by atoms with van der Waals surface area (Å²) in [6.07, 6.45) is -1.79. The van der Waals surface area contributed by atoms with Crippen LogP contribution in [0.3, 0.4) is 0 Å². The van der Waals surface area contributed by atoms with Crippen molar-refractivity contribution in [2.24, 2.45) is 0 Å². The highest BCUT2D eigenvalue weighted by atomic mass is 16.6. The third-order valence-corrected chi connectivity index (χ3v) is 8.02. The highest BCUT2D eigenvalue weighted by molar-refractivity contribution is 6.32. The van der Waals surface area contributed by atoms with Crippen LogP contribution in [0.4, 0.5) is 9.59 Å². The maximum absolute atomic E-state index is 11.9. The van der Waals surface area contributed by atoms with Gasteiger partial charge in [-0.15, -0.1) is 0 Å². The predicted octanol–water partition coefficient (Wildman–Crippen LogP) is 4.54. The molecule has 2 aliphatic rings. The predicted molar refractivity (Wildman–Crippen MR) is 186 cm³/mol. The summed E-state index contributed by atoms with van der Waals surface area (Å²) in [6.45, 7) is 5.08. The lowest BCUT2D eigenvalue weighted by atomic mass is 9.98. The summed E-state index contributed by atoms with van der Waals surface area (Å²) < 4.78 is 15.3. The van der Waals surface area contributed by atoms with Crippen LogP contribution in [0.25, 0.3) is 22.3 Å². The molecule has 4 aromatic carbocycles. The minimum Gasteiger partial charge on any atom is -0.474 e. The Balaban J connectivity index is 0.000000203. The minimum absolute atomic E-state index is 0.0722. The van der Waals surface area contributed by atoms with Crippen molar-refractivity contribution in [3.05, 3.63) is 119 Å². The molecule has 0 bridgehead atoms. The zero-order valence-corrected chi connectivity index (χ0v) is 28.4. The summed E-state index contributed by atoms with van der Waals surface area (Å²) in [7, 11) is 0. The third-order valence-electron chi connectivity index (χ3n) is 8.02. The number of carbonyl (C=O) groups excluding carboxylic acids is 5. The van der Waals surface area contributed by atoms with Gasteiger partial charge in [0.2, 0.25) is 0 Å². The van der Waals surface area contributed by atoms with E-state index < -0.39 is 41.5 Å². The molecule has 0 atom stereocenters. The second kappa shape index (κ2) is 15.9. The SMILES string of the molecule is CC(C)(C)OC(=O)C(=O)NNC(=O)OCC1c2ccccc2-c2ccccc21.O=C(NNC(=O)C(=O)O)OCC1c2ccccc2-c2ccccc21. The number of amides is 4. The van der Waals surface area contributed by atoms with E-state index in [1.807, 2.05) is 108 Å². The van der Waals surface area contributed by atoms with Crippen molar-refractivity contribution in [2.45, 2.75) is 38.2 Å². The molecule has 0 saturated carbocycles. The molecule has 14 nitrogen and oxygen atoms in total. The van der Waals surface area contributed by atoms with Crippen molar-refractivity contribution in [3.8, 4) is 22.3 Å². The standard InChI is InChI=1S/C21H22N2O5.C17H14N2O5/c1-21(2,3)28-19(25)18(24)22-23-20(26)27-12-17-15-10-6-4-8-13(15)14-9-5-7-11-16(14)17;20-15(16(21)22)18-19-17(23)24-9-14-12-7-3-1-5-10(12)11-6-2-4-8-13(11)14/h4-11,17H,12H2,1-3H3,(H,22,24)(H,23,26);1-8,14H,9H2,(H,18,20)(H,19,23)(H,21,22). The molecule has 0 spiro atoms. The Bertz CT molecular complexity index is 1930. The molecule has 6 rings (SSSR count). The van der Waals surface area contributed by atoms with Crippen molar-refractivity contribution in [2.75, 3.05) is 13.2 Å². The second-order valence-electron chi connectivity index (χ2n) is 12.6. The van der Waals surface area contributed by atoms with Crippen molar-refractivity contribution >= 4 is 35.9 Å². The largest absolute Gasteiger partial charge is 0.474 e. The van der Waals surface area contributed by atoms with Gasteiger partial charge in [-0.3, -0.25) is 20.4 Å². The van der Waals surface area contributed by atoms with Crippen LogP contribution < -0.4 is 21.7 Å². The fraction of sp³-hybridized carbons (Fsp3) is 0.211. The Morgan fingerprint density at radius 2 is 0.865 bits per heavy atom. The lowest BCUT2D eigenvalue weighted by Crippen LogP contribution is -2.47. The van der Waals surface area contributed by atoms with Gasteiger partial charge >= 0.3 is 35.9 Å². The number of esters is 1. The summed E-state index contributed by atoms with van der Waals surface area (Å²) in [5, 5.41) is 8.41. The first-order valence-corrected chi connectivity index (χ1v) is 16.1. The Hall–Kier alpha value is -6.70. The van der Waals surface area contributed by atoms with Gasteiger partial charge < -0.3 is 19.3 Å². The number of hydrogen-bond donors (Lipinski definition) is 5. The number of fused-ring (bicyclic) bond motifs is 6. The van der Waals surface area contributed by atoms with Gasteiger partial charge in [0.05, 0.1) is 0 Å². The van der Waals surface area contributed by atoms with Gasteiger partial charge in [-0.25, -0.2) is 30.0 Å². The van der Waals surface area contributed by atoms with E-state index in [-0.39, 0.29) is 25.0 Å². The van der Waals surface area contributed by atoms with Crippen molar-refractivity contribution in [3.63, 3.8) is 0 Å². The summed E-state index contributed by atoms with van der Waals surface area (Å²) in [5.74, 6) is -5.43. The van der Waals surface area contributed by atoms with Crippen LogP contribution in [-0.4, -0.2) is 59.9 Å². The zero-order chi connectivity index (χ0) is 37.4. The second-order valence-corrected chi connectivity index (χ2v) is 12.6. The minimum atomic E-state index is -1.70. The summed E-state index contributed by atoms with van der Waals surface area (Å²) in [5.41, 5.74) is 15.6. The molecule has 14 heteroatoms. The molecular formula is C38H36N4O10. The van der Waals surface area contributed by atoms with Gasteiger partial charge in [0, 0.05) is 11.8 Å². The van der Waals surface area contributed by atoms with E-state index in [0.29, 0.717) is 0 Å². The van der Waals surface area contributed by atoms with Crippen molar-refractivity contribution in [1.29, 1.82) is 0 Å². The topological polar surface area (TPSA) is 198 Å². The fourth-order valence-corrected chi connectivity index (χ4v) is 5.91. The van der Waals surface area contributed by atoms with Crippen molar-refractivity contribution in [1.82, 2.24) is 21.7 Å². The molecule has 2 aliphatic carbocycles. The highest BCUT2D eigenvalue weighted by Gasteiger charge is 2.31. The number of hydrogen-bond acceptors (Lipinski definition) is 9. The molecule has 4 amide bonds. The van der Waals surface area contributed by atoms with Gasteiger partial charge in [0.25, 0.3) is 0 Å². The molecule has 0 saturated heterocycles. The number of benzene rings is 4. The number of carbonyl (C=O) groups is 6. The Morgan fingerprint density at radius 3 is 1.19 bits per heavy atom. The van der Waals surface area contributed by atoms with Crippen LogP contribution >= 0.6 is 0 Å². The summed E-state index contributed by atoms with van der Waals surface area (Å²) in [6, 6.07) is 31.6. The maximum Gasteiger partial charge on any atom is 0.426 e. The zero-order valence-electron chi connectivity index (χ0n) is 28.4. The molecule has 0 radical (unpaired) electrons. The summed E-state index contributed by atoms with van der Waals surface area (Å²) >= 11 is 0. The van der Waals surface area contributed by atoms with Crippen molar-refractivity contribution < 1.29 is 48.1 Å². The molecule has 52 heavy (non-hydrogen) atoms. The molecular weight excluding hydrogens is 672 g/mol. The van der Waals surface area contributed by atoms with Crippen LogP contribution in [-0.2, 0) is 33.4 Å². The van der Waals surface area contributed by atoms with Crippen LogP contribution in [0.15, 0.2) is 97.1 Å². The first kappa shape index (κ1) is 36.6. The first-order chi connectivity index (χ1) is 24.8. The molecule has 0 aromatic heterocycles. The molecule has 0 aliphatic heterocycles. The van der Waals surface area contributed by atoms with E-state index in [4.69, 9.17) is 19.3 Å². The van der Waals surface area contributed by atoms with Gasteiger partial charge in [-0.1, -0.05) is 97.1 Å². The normalized spacial score (nSPS) is 12.3. The molecule has 268 valence electrons. The number of hydrazine groups is 2. The van der Waals surface area contributed by atoms with E-state index in [2.05, 4.69) is 5.43 Å². The number of carboxylic acids is 1. The number of rotatable bonds is 4. The molecule has 0 fully saturated rings. The molecule has 4 aromatic rings. The first-order valence-electron chi connectivity index (χ1n) is 16.1. The van der Waals surface area contributed by atoms with E-state index in [1.165, 1.54) is 0 Å². The van der Waals surface area contributed by atoms with E-state index in [1.54, 1.807) is 26.2 Å². The van der Waals surface area contributed by atoms with Gasteiger partial charge in [-0.05, 0) is 65.3 Å². The van der Waals surface area contributed by atoms with E-state index in [9.17, 15) is 28.8 Å². The number of carboxylic acid groups (broad SMARTS) is 1. The van der Waals surface area contributed by atoms with E-state index in [0.717, 1.165) is 44.5 Å². The van der Waals surface area contributed by atoms with Gasteiger partial charge in [0.15, 0.2) is 0 Å². The van der Waals surface area contributed by atoms with E-state index >= 15 is 0 Å². The fourth-order valence-electron chi connectivity index (χ4n) is 5.91. The number of nitrogens with one attached hydrogen (secondary N) is 4. The monoisotopic (exact) mass is 708 g/mol. The highest BCUT2D eigenvalue weighted by Crippen LogP contribution is 2.45. The Kier molecular flexibility index (Phi) is 11.2. The van der Waals surface area contributed by atoms with Crippen LogP contribution in [0.2, 0.25) is 0 Å². The smallest absolute Gasteiger partial charge is 0.426 e.